The van der Waals surface area contributed by atoms with Crippen LogP contribution in [0.15, 0.2) is 0 Å². The van der Waals surface area contributed by atoms with Gasteiger partial charge < -0.3 is 4.74 Å². The highest BCUT2D eigenvalue weighted by atomic mass is 32.2. The number of benzene rings is 1. The van der Waals surface area contributed by atoms with Crippen LogP contribution in [-0.4, -0.2) is 20.8 Å². The van der Waals surface area contributed by atoms with Gasteiger partial charge in [0.1, 0.15) is 0 Å². The second kappa shape index (κ2) is 5.70. The Morgan fingerprint density at radius 3 is 1.74 bits per heavy atom. The van der Waals surface area contributed by atoms with Crippen LogP contribution in [0.25, 0.3) is 0 Å². The number of halogens is 5. The highest BCUT2D eigenvalue weighted by molar-refractivity contribution is 7.89. The van der Waals surface area contributed by atoms with Crippen molar-refractivity contribution in [2.45, 2.75) is 6.42 Å². The predicted molar refractivity (Wildman–Crippen MR) is 54.3 cm³/mol. The fourth-order valence-corrected chi connectivity index (χ4v) is 1.67. The lowest BCUT2D eigenvalue weighted by Gasteiger charge is -2.09. The Morgan fingerprint density at radius 2 is 1.32 bits per heavy atom. The molecule has 0 saturated heterocycles. The van der Waals surface area contributed by atoms with Gasteiger partial charge in [-0.1, -0.05) is 0 Å². The lowest BCUT2D eigenvalue weighted by molar-refractivity contribution is 0.262. The van der Waals surface area contributed by atoms with Gasteiger partial charge in [0.25, 0.3) is 0 Å². The van der Waals surface area contributed by atoms with Gasteiger partial charge in [0.15, 0.2) is 5.75 Å². The Morgan fingerprint density at radius 1 is 0.895 bits per heavy atom. The molecule has 0 unspecified atom stereocenters. The molecule has 108 valence electrons. The maximum absolute atomic E-state index is 13.1. The van der Waals surface area contributed by atoms with E-state index in [4.69, 9.17) is 0 Å². The van der Waals surface area contributed by atoms with Crippen LogP contribution in [-0.2, 0) is 10.0 Å². The Bertz CT molecular complexity index is 561. The van der Waals surface area contributed by atoms with Gasteiger partial charge >= 0.3 is 0 Å². The van der Waals surface area contributed by atoms with Crippen LogP contribution in [0.3, 0.4) is 0 Å². The Hall–Kier alpha value is -1.42. The zero-order valence-corrected chi connectivity index (χ0v) is 10.0. The Kier molecular flexibility index (Phi) is 4.69. The van der Waals surface area contributed by atoms with E-state index >= 15 is 0 Å². The lowest BCUT2D eigenvalue weighted by Crippen LogP contribution is -2.18. The van der Waals surface area contributed by atoms with Crippen LogP contribution in [0.2, 0.25) is 0 Å². The summed E-state index contributed by atoms with van der Waals surface area (Å²) >= 11 is 0. The third kappa shape index (κ3) is 3.77. The van der Waals surface area contributed by atoms with Gasteiger partial charge in [0, 0.05) is 0 Å². The SMILES string of the molecule is NS(=O)(=O)CCCOc1c(F)c(F)c(F)c(F)c1F. The maximum Gasteiger partial charge on any atom is 0.209 e. The fourth-order valence-electron chi connectivity index (χ4n) is 1.15. The molecule has 0 amide bonds. The topological polar surface area (TPSA) is 69.4 Å². The molecule has 10 heteroatoms. The van der Waals surface area contributed by atoms with Crippen LogP contribution >= 0.6 is 0 Å². The van der Waals surface area contributed by atoms with Crippen molar-refractivity contribution in [2.75, 3.05) is 12.4 Å². The molecule has 0 heterocycles. The van der Waals surface area contributed by atoms with Crippen molar-refractivity contribution in [3.8, 4) is 5.75 Å². The average Bonchev–Trinajstić information content (AvgIpc) is 2.32. The number of hydrogen-bond acceptors (Lipinski definition) is 3. The highest BCUT2D eigenvalue weighted by Gasteiger charge is 2.26. The maximum atomic E-state index is 13.1. The summed E-state index contributed by atoms with van der Waals surface area (Å²) in [6.45, 7) is -0.575. The summed E-state index contributed by atoms with van der Waals surface area (Å²) in [5.74, 6) is -12.8. The molecule has 0 aliphatic heterocycles. The van der Waals surface area contributed by atoms with Crippen molar-refractivity contribution in [3.63, 3.8) is 0 Å². The minimum absolute atomic E-state index is 0.266. The molecule has 1 aromatic carbocycles. The highest BCUT2D eigenvalue weighted by Crippen LogP contribution is 2.29. The first kappa shape index (κ1) is 15.6. The molecule has 0 radical (unpaired) electrons. The lowest BCUT2D eigenvalue weighted by atomic mass is 10.2. The van der Waals surface area contributed by atoms with Crippen LogP contribution < -0.4 is 9.88 Å². The molecule has 0 aliphatic rings. The standard InChI is InChI=1S/C9H8F5NO3S/c10-4-5(11)7(13)9(8(14)6(4)12)18-2-1-3-19(15,16)17/h1-3H2,(H2,15,16,17). The van der Waals surface area contributed by atoms with Crippen molar-refractivity contribution in [1.82, 2.24) is 0 Å². The molecule has 19 heavy (non-hydrogen) atoms. The van der Waals surface area contributed by atoms with Gasteiger partial charge in [0.2, 0.25) is 39.1 Å². The van der Waals surface area contributed by atoms with Crippen LogP contribution in [0.4, 0.5) is 22.0 Å². The summed E-state index contributed by atoms with van der Waals surface area (Å²) in [4.78, 5) is 0. The second-order valence-corrected chi connectivity index (χ2v) is 5.20. The summed E-state index contributed by atoms with van der Waals surface area (Å²) in [5, 5.41) is 4.64. The number of hydrogen-bond donors (Lipinski definition) is 1. The van der Waals surface area contributed by atoms with E-state index < -0.39 is 57.2 Å². The first-order valence-electron chi connectivity index (χ1n) is 4.80. The molecule has 0 spiro atoms. The summed E-state index contributed by atoms with van der Waals surface area (Å²) < 4.78 is 89.7. The molecule has 0 saturated carbocycles. The van der Waals surface area contributed by atoms with E-state index in [9.17, 15) is 30.4 Å². The molecule has 0 bridgehead atoms. The molecule has 1 rings (SSSR count). The molecule has 2 N–H and O–H groups in total. The van der Waals surface area contributed by atoms with Gasteiger partial charge in [-0.15, -0.1) is 0 Å². The van der Waals surface area contributed by atoms with Gasteiger partial charge in [-0.05, 0) is 6.42 Å². The fraction of sp³-hybridized carbons (Fsp3) is 0.333. The van der Waals surface area contributed by atoms with Crippen molar-refractivity contribution in [2.24, 2.45) is 5.14 Å². The normalized spacial score (nSPS) is 11.7. The number of rotatable bonds is 5. The molecular weight excluding hydrogens is 297 g/mol. The van der Waals surface area contributed by atoms with Gasteiger partial charge in [-0.3, -0.25) is 0 Å². The monoisotopic (exact) mass is 305 g/mol. The largest absolute Gasteiger partial charge is 0.487 e. The number of nitrogens with two attached hydrogens (primary N) is 1. The van der Waals surface area contributed by atoms with Crippen LogP contribution in [0.5, 0.6) is 5.75 Å². The second-order valence-electron chi connectivity index (χ2n) is 3.47. The molecule has 0 fully saturated rings. The summed E-state index contributed by atoms with van der Waals surface area (Å²) in [6.07, 6.45) is -0.266. The van der Waals surface area contributed by atoms with E-state index in [0.717, 1.165) is 0 Å². The number of primary sulfonamides is 1. The Balaban J connectivity index is 2.85. The Labute approximate surface area is 105 Å². The summed E-state index contributed by atoms with van der Waals surface area (Å²) in [7, 11) is -3.80. The third-order valence-corrected chi connectivity index (χ3v) is 2.85. The summed E-state index contributed by atoms with van der Waals surface area (Å²) in [6, 6.07) is 0. The van der Waals surface area contributed by atoms with Crippen LogP contribution in [0, 0.1) is 29.1 Å². The van der Waals surface area contributed by atoms with Crippen molar-refractivity contribution < 1.29 is 35.1 Å². The molecule has 4 nitrogen and oxygen atoms in total. The first-order valence-corrected chi connectivity index (χ1v) is 6.51. The minimum atomic E-state index is -3.80. The third-order valence-electron chi connectivity index (χ3n) is 1.99. The zero-order valence-electron chi connectivity index (χ0n) is 9.22. The number of ether oxygens (including phenoxy) is 1. The van der Waals surface area contributed by atoms with E-state index in [1.165, 1.54) is 0 Å². The van der Waals surface area contributed by atoms with Crippen molar-refractivity contribution >= 4 is 10.0 Å². The van der Waals surface area contributed by atoms with E-state index in [2.05, 4.69) is 9.88 Å². The molecule has 0 atom stereocenters. The smallest absolute Gasteiger partial charge is 0.209 e. The molecule has 0 aromatic heterocycles. The quantitative estimate of drug-likeness (QED) is 0.387. The van der Waals surface area contributed by atoms with Crippen molar-refractivity contribution in [3.05, 3.63) is 29.1 Å². The molecular formula is C9H8F5NO3S. The van der Waals surface area contributed by atoms with E-state index in [1.807, 2.05) is 0 Å². The van der Waals surface area contributed by atoms with E-state index in [0.29, 0.717) is 0 Å². The zero-order chi connectivity index (χ0) is 14.8. The van der Waals surface area contributed by atoms with Crippen molar-refractivity contribution in [1.29, 1.82) is 0 Å². The summed E-state index contributed by atoms with van der Waals surface area (Å²) in [5.41, 5.74) is 0. The number of sulfonamides is 1. The van der Waals surface area contributed by atoms with E-state index in [1.54, 1.807) is 0 Å². The van der Waals surface area contributed by atoms with E-state index in [-0.39, 0.29) is 6.42 Å². The van der Waals surface area contributed by atoms with Gasteiger partial charge in [0.05, 0.1) is 12.4 Å². The first-order chi connectivity index (χ1) is 8.65. The predicted octanol–water partition coefficient (Wildman–Crippen LogP) is 1.44. The van der Waals surface area contributed by atoms with Gasteiger partial charge in [-0.25, -0.2) is 26.7 Å². The molecule has 1 aromatic rings. The average molecular weight is 305 g/mol. The van der Waals surface area contributed by atoms with Crippen LogP contribution in [0.1, 0.15) is 6.42 Å². The molecule has 0 aliphatic carbocycles. The van der Waals surface area contributed by atoms with Gasteiger partial charge in [-0.2, -0.15) is 8.78 Å². The minimum Gasteiger partial charge on any atom is -0.487 e.